The van der Waals surface area contributed by atoms with Crippen LogP contribution in [0.4, 0.5) is 0 Å². The van der Waals surface area contributed by atoms with Gasteiger partial charge in [-0.3, -0.25) is 4.79 Å². The van der Waals surface area contributed by atoms with Gasteiger partial charge in [0.1, 0.15) is 5.58 Å². The molecule has 0 atom stereocenters. The molecule has 148 valence electrons. The predicted octanol–water partition coefficient (Wildman–Crippen LogP) is 5.25. The second kappa shape index (κ2) is 9.16. The van der Waals surface area contributed by atoms with Crippen molar-refractivity contribution in [2.45, 2.75) is 29.7 Å². The lowest BCUT2D eigenvalue weighted by molar-refractivity contribution is 0.0918. The molecular weight excluding hydrogens is 388 g/mol. The highest BCUT2D eigenvalue weighted by Gasteiger charge is 2.21. The van der Waals surface area contributed by atoms with Crippen LogP contribution in [-0.2, 0) is 5.75 Å². The summed E-state index contributed by atoms with van der Waals surface area (Å²) in [5.41, 5.74) is 1.76. The molecule has 0 aliphatic carbocycles. The van der Waals surface area contributed by atoms with Gasteiger partial charge in [0.2, 0.25) is 0 Å². The Morgan fingerprint density at radius 1 is 1.25 bits per heavy atom. The van der Waals surface area contributed by atoms with Crippen LogP contribution in [0, 0.1) is 5.92 Å². The molecule has 0 spiro atoms. The first kappa shape index (κ1) is 19.6. The van der Waals surface area contributed by atoms with Gasteiger partial charge in [-0.05, 0) is 49.4 Å². The maximum atomic E-state index is 12.9. The highest BCUT2D eigenvalue weighted by Crippen LogP contribution is 2.33. The summed E-state index contributed by atoms with van der Waals surface area (Å²) in [7, 11) is 0. The number of rotatable bonds is 7. The zero-order chi connectivity index (χ0) is 19.3. The molecule has 4 rings (SSSR count). The summed E-state index contributed by atoms with van der Waals surface area (Å²) < 4.78 is 7.20. The van der Waals surface area contributed by atoms with Crippen LogP contribution in [0.15, 0.2) is 50.4 Å². The Kier molecular flexibility index (Phi) is 6.40. The van der Waals surface area contributed by atoms with Gasteiger partial charge in [0.15, 0.2) is 5.76 Å². The highest BCUT2D eigenvalue weighted by molar-refractivity contribution is 8.00. The number of likely N-dealkylation sites (tertiary alicyclic amines) is 1. The monoisotopic (exact) mass is 414 g/mol. The minimum atomic E-state index is -0.108. The van der Waals surface area contributed by atoms with E-state index in [0.29, 0.717) is 12.3 Å². The molecule has 1 aliphatic rings. The van der Waals surface area contributed by atoms with Crippen molar-refractivity contribution in [2.24, 2.45) is 5.92 Å². The van der Waals surface area contributed by atoms with Crippen molar-refractivity contribution in [3.05, 3.63) is 53.1 Å². The van der Waals surface area contributed by atoms with Crippen molar-refractivity contribution in [3.8, 4) is 0 Å². The quantitative estimate of drug-likeness (QED) is 0.537. The van der Waals surface area contributed by atoms with Crippen LogP contribution in [0.25, 0.3) is 11.0 Å². The molecule has 6 heteroatoms. The van der Waals surface area contributed by atoms with E-state index in [1.165, 1.54) is 17.1 Å². The summed E-state index contributed by atoms with van der Waals surface area (Å²) in [4.78, 5) is 15.3. The molecule has 0 bridgehead atoms. The lowest BCUT2D eigenvalue weighted by Crippen LogP contribution is -2.39. The topological polar surface area (TPSA) is 45.5 Å². The Bertz CT molecular complexity index is 912. The van der Waals surface area contributed by atoms with E-state index in [0.717, 1.165) is 47.8 Å². The van der Waals surface area contributed by atoms with Gasteiger partial charge in [0, 0.05) is 29.8 Å². The number of carbonyl (C=O) groups excluding carboxylic acids is 1. The number of amides is 1. The number of furan rings is 1. The zero-order valence-electron chi connectivity index (χ0n) is 16.1. The summed E-state index contributed by atoms with van der Waals surface area (Å²) >= 11 is 3.47. The van der Waals surface area contributed by atoms with Crippen molar-refractivity contribution >= 4 is 40.0 Å². The number of thioether (sulfide) groups is 1. The lowest BCUT2D eigenvalue weighted by atomic mass is 9.99. The summed E-state index contributed by atoms with van der Waals surface area (Å²) in [5.74, 6) is 1.90. The number of thiophene rings is 1. The molecular formula is C22H26N2O2S2. The lowest BCUT2D eigenvalue weighted by Gasteiger charge is -2.30. The Hall–Kier alpha value is -1.76. The Labute approximate surface area is 174 Å². The molecule has 1 saturated heterocycles. The third-order valence-electron chi connectivity index (χ3n) is 5.35. The SMILES string of the molecule is CC1CCN(CCNC(=O)c2oc3ccccc3c2CSc2cccs2)CC1. The first-order valence-corrected chi connectivity index (χ1v) is 11.7. The minimum Gasteiger partial charge on any atom is -0.451 e. The van der Waals surface area contributed by atoms with Gasteiger partial charge in [-0.15, -0.1) is 23.1 Å². The number of carbonyl (C=O) groups is 1. The molecule has 1 N–H and O–H groups in total. The van der Waals surface area contributed by atoms with E-state index in [-0.39, 0.29) is 5.91 Å². The van der Waals surface area contributed by atoms with E-state index in [4.69, 9.17) is 4.42 Å². The van der Waals surface area contributed by atoms with Crippen molar-refractivity contribution < 1.29 is 9.21 Å². The number of fused-ring (bicyclic) bond motifs is 1. The molecule has 1 amide bonds. The molecule has 0 unspecified atom stereocenters. The minimum absolute atomic E-state index is 0.108. The van der Waals surface area contributed by atoms with Crippen LogP contribution >= 0.6 is 23.1 Å². The van der Waals surface area contributed by atoms with Gasteiger partial charge in [0.05, 0.1) is 4.21 Å². The average molecular weight is 415 g/mol. The molecule has 3 aromatic rings. The fourth-order valence-electron chi connectivity index (χ4n) is 3.61. The predicted molar refractivity (Wildman–Crippen MR) is 117 cm³/mol. The smallest absolute Gasteiger partial charge is 0.287 e. The number of piperidine rings is 1. The molecule has 4 nitrogen and oxygen atoms in total. The van der Waals surface area contributed by atoms with Gasteiger partial charge in [-0.2, -0.15) is 0 Å². The Balaban J connectivity index is 1.42. The Morgan fingerprint density at radius 3 is 2.86 bits per heavy atom. The molecule has 2 aromatic heterocycles. The van der Waals surface area contributed by atoms with E-state index in [2.05, 4.69) is 34.7 Å². The maximum Gasteiger partial charge on any atom is 0.287 e. The molecule has 1 aromatic carbocycles. The second-order valence-corrected chi connectivity index (χ2v) is 9.63. The number of nitrogens with zero attached hydrogens (tertiary/aromatic N) is 1. The standard InChI is InChI=1S/C22H26N2O2S2/c1-16-8-11-24(12-9-16)13-10-23-22(25)21-18(15-28-20-7-4-14-27-20)17-5-2-3-6-19(17)26-21/h2-7,14,16H,8-13,15H2,1H3,(H,23,25). The van der Waals surface area contributed by atoms with Crippen molar-refractivity contribution in [1.29, 1.82) is 0 Å². The van der Waals surface area contributed by atoms with Crippen LogP contribution in [0.3, 0.4) is 0 Å². The number of para-hydroxylation sites is 1. The summed E-state index contributed by atoms with van der Waals surface area (Å²) in [6.07, 6.45) is 2.50. The highest BCUT2D eigenvalue weighted by atomic mass is 32.2. The van der Waals surface area contributed by atoms with Crippen molar-refractivity contribution in [2.75, 3.05) is 26.2 Å². The van der Waals surface area contributed by atoms with E-state index >= 15 is 0 Å². The summed E-state index contributed by atoms with van der Waals surface area (Å²) in [5, 5.41) is 6.17. The normalized spacial score (nSPS) is 15.9. The maximum absolute atomic E-state index is 12.9. The van der Waals surface area contributed by atoms with Gasteiger partial charge >= 0.3 is 0 Å². The molecule has 1 aliphatic heterocycles. The van der Waals surface area contributed by atoms with E-state index in [1.807, 2.05) is 24.3 Å². The van der Waals surface area contributed by atoms with Crippen LogP contribution < -0.4 is 5.32 Å². The summed E-state index contributed by atoms with van der Waals surface area (Å²) in [6, 6.07) is 12.1. The van der Waals surface area contributed by atoms with Gasteiger partial charge in [-0.1, -0.05) is 31.2 Å². The summed E-state index contributed by atoms with van der Waals surface area (Å²) in [6.45, 7) is 6.13. The van der Waals surface area contributed by atoms with Crippen LogP contribution in [-0.4, -0.2) is 37.0 Å². The van der Waals surface area contributed by atoms with E-state index in [1.54, 1.807) is 23.1 Å². The number of hydrogen-bond acceptors (Lipinski definition) is 5. The van der Waals surface area contributed by atoms with Gasteiger partial charge < -0.3 is 14.6 Å². The van der Waals surface area contributed by atoms with Gasteiger partial charge in [-0.25, -0.2) is 0 Å². The average Bonchev–Trinajstić information content (AvgIpc) is 3.35. The molecule has 3 heterocycles. The number of benzene rings is 1. The molecule has 0 saturated carbocycles. The van der Waals surface area contributed by atoms with E-state index in [9.17, 15) is 4.79 Å². The largest absolute Gasteiger partial charge is 0.451 e. The first-order valence-electron chi connectivity index (χ1n) is 9.88. The van der Waals surface area contributed by atoms with Crippen LogP contribution in [0.2, 0.25) is 0 Å². The fraction of sp³-hybridized carbons (Fsp3) is 0.409. The molecule has 28 heavy (non-hydrogen) atoms. The first-order chi connectivity index (χ1) is 13.7. The van der Waals surface area contributed by atoms with Crippen LogP contribution in [0.5, 0.6) is 0 Å². The van der Waals surface area contributed by atoms with Gasteiger partial charge in [0.25, 0.3) is 5.91 Å². The third-order valence-corrected chi connectivity index (χ3v) is 7.51. The zero-order valence-corrected chi connectivity index (χ0v) is 17.8. The number of nitrogens with one attached hydrogen (secondary N) is 1. The fourth-order valence-corrected chi connectivity index (χ4v) is 5.42. The number of hydrogen-bond donors (Lipinski definition) is 1. The molecule has 1 fully saturated rings. The van der Waals surface area contributed by atoms with Crippen LogP contribution in [0.1, 0.15) is 35.9 Å². The third kappa shape index (κ3) is 4.62. The second-order valence-electron chi connectivity index (χ2n) is 7.41. The Morgan fingerprint density at radius 2 is 2.07 bits per heavy atom. The molecule has 0 radical (unpaired) electrons. The van der Waals surface area contributed by atoms with Crippen molar-refractivity contribution in [1.82, 2.24) is 10.2 Å². The van der Waals surface area contributed by atoms with Crippen molar-refractivity contribution in [3.63, 3.8) is 0 Å². The van der Waals surface area contributed by atoms with E-state index < -0.39 is 0 Å².